The molecule has 1 saturated carbocycles. The highest BCUT2D eigenvalue weighted by atomic mass is 35.5. The van der Waals surface area contributed by atoms with Crippen LogP contribution < -0.4 is 11.3 Å². The van der Waals surface area contributed by atoms with Crippen LogP contribution in [0.25, 0.3) is 39.0 Å². The number of nitrogen functional groups attached to an aromatic ring is 1. The van der Waals surface area contributed by atoms with E-state index in [1.54, 1.807) is 35.1 Å². The van der Waals surface area contributed by atoms with Crippen LogP contribution in [0.1, 0.15) is 36.3 Å². The molecule has 0 spiro atoms. The maximum Gasteiger partial charge on any atom is 0.252 e. The van der Waals surface area contributed by atoms with Gasteiger partial charge in [0.05, 0.1) is 23.6 Å². The van der Waals surface area contributed by atoms with Crippen molar-refractivity contribution in [2.75, 3.05) is 5.73 Å². The number of nitrogens with zero attached hydrogens (tertiary/aromatic N) is 7. The van der Waals surface area contributed by atoms with E-state index in [2.05, 4.69) is 41.8 Å². The van der Waals surface area contributed by atoms with Crippen molar-refractivity contribution in [3.63, 3.8) is 0 Å². The molecule has 0 amide bonds. The zero-order valence-corrected chi connectivity index (χ0v) is 21.5. The van der Waals surface area contributed by atoms with E-state index in [0.717, 1.165) is 29.7 Å². The second kappa shape index (κ2) is 8.33. The number of hydrogen-bond donors (Lipinski definition) is 3. The summed E-state index contributed by atoms with van der Waals surface area (Å²) in [5, 5.41) is 19.1. The molecule has 2 aliphatic rings. The van der Waals surface area contributed by atoms with Crippen molar-refractivity contribution in [1.29, 1.82) is 0 Å². The number of rotatable bonds is 4. The van der Waals surface area contributed by atoms with Crippen molar-refractivity contribution in [1.82, 2.24) is 44.9 Å². The number of anilines is 1. The van der Waals surface area contributed by atoms with Crippen LogP contribution in [0.5, 0.6) is 0 Å². The minimum atomic E-state index is -0.466. The van der Waals surface area contributed by atoms with E-state index < -0.39 is 5.82 Å². The third-order valence-electron chi connectivity index (χ3n) is 8.23. The Balaban J connectivity index is 1.22. The molecule has 1 aliphatic heterocycles. The Kier molecular flexibility index (Phi) is 4.81. The number of halogens is 2. The smallest absolute Gasteiger partial charge is 0.252 e. The molecule has 198 valence electrons. The van der Waals surface area contributed by atoms with E-state index in [-0.39, 0.29) is 34.8 Å². The number of pyridine rings is 1. The first-order chi connectivity index (χ1) is 19.5. The van der Waals surface area contributed by atoms with Gasteiger partial charge in [-0.3, -0.25) is 9.89 Å². The first-order valence-electron chi connectivity index (χ1n) is 12.7. The lowest BCUT2D eigenvalue weighted by Crippen LogP contribution is -2.28. The Bertz CT molecular complexity index is 2010. The zero-order chi connectivity index (χ0) is 27.1. The molecule has 0 unspecified atom stereocenters. The molecule has 8 rings (SSSR count). The molecule has 5 heterocycles. The highest BCUT2D eigenvalue weighted by molar-refractivity contribution is 6.31. The van der Waals surface area contributed by atoms with Gasteiger partial charge in [-0.05, 0) is 71.1 Å². The summed E-state index contributed by atoms with van der Waals surface area (Å²) in [4.78, 5) is 21.7. The molecule has 40 heavy (non-hydrogen) atoms. The van der Waals surface area contributed by atoms with Gasteiger partial charge in [0.15, 0.2) is 11.6 Å². The average molecular weight is 555 g/mol. The Labute approximate surface area is 229 Å². The molecule has 4 aromatic heterocycles. The molecule has 3 atom stereocenters. The molecule has 2 aromatic carbocycles. The second-order valence-electron chi connectivity index (χ2n) is 10.2. The van der Waals surface area contributed by atoms with Crippen LogP contribution in [-0.2, 0) is 0 Å². The first-order valence-corrected chi connectivity index (χ1v) is 13.1. The lowest BCUT2D eigenvalue weighted by Gasteiger charge is -2.32. The van der Waals surface area contributed by atoms with Crippen LogP contribution >= 0.6 is 11.6 Å². The zero-order valence-electron chi connectivity index (χ0n) is 20.7. The van der Waals surface area contributed by atoms with E-state index in [4.69, 9.17) is 17.3 Å². The SMILES string of the molecule is Nc1n[nH]c2c(F)c(-c3cnc([C@@H]4[C@H]5CC[C@H]5c5cc(-c6cc(Cl)ccc6-n6cnnn6)cc(=O)n54)[nH]3)ccc12. The van der Waals surface area contributed by atoms with Crippen LogP contribution in [0.2, 0.25) is 5.02 Å². The lowest BCUT2D eigenvalue weighted by molar-refractivity contribution is 0.237. The number of fused-ring (bicyclic) bond motifs is 4. The van der Waals surface area contributed by atoms with Gasteiger partial charge in [-0.25, -0.2) is 9.37 Å². The summed E-state index contributed by atoms with van der Waals surface area (Å²) in [6.07, 6.45) is 5.04. The van der Waals surface area contributed by atoms with E-state index in [1.165, 1.54) is 6.33 Å². The monoisotopic (exact) mass is 554 g/mol. The highest BCUT2D eigenvalue weighted by Gasteiger charge is 2.48. The van der Waals surface area contributed by atoms with Crippen LogP contribution in [0, 0.1) is 11.7 Å². The molecule has 0 bridgehead atoms. The van der Waals surface area contributed by atoms with Gasteiger partial charge in [0.25, 0.3) is 5.56 Å². The third kappa shape index (κ3) is 3.22. The van der Waals surface area contributed by atoms with Crippen LogP contribution in [0.3, 0.4) is 0 Å². The summed E-state index contributed by atoms with van der Waals surface area (Å²) < 4.78 is 18.7. The first kappa shape index (κ1) is 23.1. The number of benzene rings is 2. The summed E-state index contributed by atoms with van der Waals surface area (Å²) in [6.45, 7) is 0. The van der Waals surface area contributed by atoms with Gasteiger partial charge in [-0.2, -0.15) is 9.78 Å². The van der Waals surface area contributed by atoms with E-state index in [9.17, 15) is 4.79 Å². The van der Waals surface area contributed by atoms with Gasteiger partial charge in [0.1, 0.15) is 17.7 Å². The highest BCUT2D eigenvalue weighted by Crippen LogP contribution is 2.55. The average Bonchev–Trinajstić information content (AvgIpc) is 3.71. The van der Waals surface area contributed by atoms with Crippen LogP contribution in [-0.4, -0.2) is 44.9 Å². The summed E-state index contributed by atoms with van der Waals surface area (Å²) in [6, 6.07) is 12.2. The Morgan fingerprint density at radius 3 is 2.80 bits per heavy atom. The van der Waals surface area contributed by atoms with Crippen LogP contribution in [0.15, 0.2) is 59.8 Å². The Hall–Kier alpha value is -4.84. The lowest BCUT2D eigenvalue weighted by atomic mass is 9.71. The number of aromatic nitrogens is 9. The fourth-order valence-corrected chi connectivity index (χ4v) is 6.42. The predicted octanol–water partition coefficient (Wildman–Crippen LogP) is 4.23. The molecule has 1 fully saturated rings. The van der Waals surface area contributed by atoms with Crippen molar-refractivity contribution < 1.29 is 4.39 Å². The number of tetrazole rings is 1. The maximum absolute atomic E-state index is 15.3. The molecular weight excluding hydrogens is 535 g/mol. The second-order valence-corrected chi connectivity index (χ2v) is 10.7. The van der Waals surface area contributed by atoms with Gasteiger partial charge in [0, 0.05) is 39.2 Å². The summed E-state index contributed by atoms with van der Waals surface area (Å²) in [5.41, 5.74) is 9.94. The standard InChI is InChI=1S/C27H20ClFN10O/c28-13-1-6-20(38-11-32-36-37-38)18(9-13)12-7-21-14-2-3-15(14)25(39(21)22(40)8-12)27-31-10-19(33-27)16-4-5-17-24(23(16)29)34-35-26(17)30/h1,4-11,14-15,25H,2-3H2,(H,31,33)(H3,30,34,35)/t14-,15+,25+/m1/s1. The molecule has 11 nitrogen and oxygen atoms in total. The molecule has 4 N–H and O–H groups in total. The third-order valence-corrected chi connectivity index (χ3v) is 8.46. The maximum atomic E-state index is 15.3. The van der Waals surface area contributed by atoms with Crippen molar-refractivity contribution in [2.24, 2.45) is 5.92 Å². The summed E-state index contributed by atoms with van der Waals surface area (Å²) in [5.74, 6) is 0.819. The van der Waals surface area contributed by atoms with Gasteiger partial charge >= 0.3 is 0 Å². The minimum absolute atomic E-state index is 0.145. The normalized spacial score (nSPS) is 19.5. The number of hydrogen-bond acceptors (Lipinski definition) is 7. The quantitative estimate of drug-likeness (QED) is 0.295. The molecule has 0 saturated heterocycles. The predicted molar refractivity (Wildman–Crippen MR) is 146 cm³/mol. The number of imidazole rings is 1. The van der Waals surface area contributed by atoms with Crippen molar-refractivity contribution in [3.8, 4) is 28.1 Å². The number of nitrogens with one attached hydrogen (secondary N) is 2. The van der Waals surface area contributed by atoms with E-state index in [0.29, 0.717) is 33.2 Å². The molecule has 0 radical (unpaired) electrons. The topological polar surface area (TPSA) is 149 Å². The molecule has 1 aliphatic carbocycles. The minimum Gasteiger partial charge on any atom is -0.382 e. The summed E-state index contributed by atoms with van der Waals surface area (Å²) in [7, 11) is 0. The van der Waals surface area contributed by atoms with Gasteiger partial charge in [0.2, 0.25) is 0 Å². The van der Waals surface area contributed by atoms with Gasteiger partial charge in [-0.15, -0.1) is 5.10 Å². The molecule has 6 aromatic rings. The number of H-pyrrole nitrogens is 2. The van der Waals surface area contributed by atoms with Crippen molar-refractivity contribution in [2.45, 2.75) is 24.8 Å². The van der Waals surface area contributed by atoms with Crippen LogP contribution in [0.4, 0.5) is 10.2 Å². The molecule has 13 heteroatoms. The van der Waals surface area contributed by atoms with E-state index in [1.807, 2.05) is 16.7 Å². The summed E-state index contributed by atoms with van der Waals surface area (Å²) >= 11 is 6.35. The van der Waals surface area contributed by atoms with Gasteiger partial charge in [-0.1, -0.05) is 11.6 Å². The Morgan fingerprint density at radius 1 is 1.10 bits per heavy atom. The molecular formula is C27H20ClFN10O. The van der Waals surface area contributed by atoms with Crippen molar-refractivity contribution >= 4 is 28.3 Å². The van der Waals surface area contributed by atoms with E-state index >= 15 is 4.39 Å². The largest absolute Gasteiger partial charge is 0.382 e. The number of aromatic amines is 2. The Morgan fingerprint density at radius 2 is 2.00 bits per heavy atom. The fourth-order valence-electron chi connectivity index (χ4n) is 6.24. The van der Waals surface area contributed by atoms with Gasteiger partial charge < -0.3 is 15.3 Å². The fraction of sp³-hybridized carbons (Fsp3) is 0.185. The van der Waals surface area contributed by atoms with Crippen molar-refractivity contribution in [3.05, 3.63) is 87.7 Å². The number of nitrogens with two attached hydrogens (primary N) is 1.